The van der Waals surface area contributed by atoms with Crippen LogP contribution >= 0.6 is 0 Å². The van der Waals surface area contributed by atoms with Gasteiger partial charge in [-0.2, -0.15) is 0 Å². The Morgan fingerprint density at radius 2 is 1.46 bits per heavy atom. The van der Waals surface area contributed by atoms with E-state index < -0.39 is 0 Å². The van der Waals surface area contributed by atoms with E-state index in [4.69, 9.17) is 0 Å². The van der Waals surface area contributed by atoms with Gasteiger partial charge in [0.05, 0.1) is 0 Å². The Morgan fingerprint density at radius 1 is 0.808 bits per heavy atom. The second-order valence-corrected chi connectivity index (χ2v) is 9.20. The summed E-state index contributed by atoms with van der Waals surface area (Å²) in [7, 11) is 1.92. The summed E-state index contributed by atoms with van der Waals surface area (Å²) in [4.78, 5) is 4.24. The Balaban J connectivity index is 1.99. The first-order valence-electron chi connectivity index (χ1n) is 12.1. The molecule has 1 aliphatic rings. The van der Waals surface area contributed by atoms with Crippen LogP contribution in [0.3, 0.4) is 0 Å². The molecule has 4 atom stereocenters. The molecule has 0 spiro atoms. The van der Waals surface area contributed by atoms with Crippen LogP contribution in [0.2, 0.25) is 0 Å². The monoisotopic (exact) mass is 363 g/mol. The molecule has 0 amide bonds. The van der Waals surface area contributed by atoms with Crippen LogP contribution in [-0.2, 0) is 0 Å². The first-order valence-corrected chi connectivity index (χ1v) is 12.1. The van der Waals surface area contributed by atoms with Gasteiger partial charge in [-0.15, -0.1) is 0 Å². The topological polar surface area (TPSA) is 12.4 Å². The van der Waals surface area contributed by atoms with E-state index in [0.717, 1.165) is 23.7 Å². The molecule has 0 aromatic heterocycles. The van der Waals surface area contributed by atoms with Crippen molar-refractivity contribution < 1.29 is 0 Å². The van der Waals surface area contributed by atoms with Gasteiger partial charge in [-0.25, -0.2) is 0 Å². The van der Waals surface area contributed by atoms with Crippen molar-refractivity contribution in [1.29, 1.82) is 0 Å². The molecular weight excluding hydrogens is 314 g/mol. The molecule has 1 nitrogen and oxygen atoms in total. The first-order chi connectivity index (χ1) is 12.7. The van der Waals surface area contributed by atoms with Crippen LogP contribution in [0, 0.1) is 23.7 Å². The molecule has 4 unspecified atom stereocenters. The van der Waals surface area contributed by atoms with Crippen molar-refractivity contribution in [3.63, 3.8) is 0 Å². The summed E-state index contributed by atoms with van der Waals surface area (Å²) in [6.45, 7) is 7.12. The highest BCUT2D eigenvalue weighted by molar-refractivity contribution is 5.60. The Kier molecular flexibility index (Phi) is 14.3. The van der Waals surface area contributed by atoms with Crippen molar-refractivity contribution in [2.24, 2.45) is 28.7 Å². The second kappa shape index (κ2) is 15.7. The molecule has 154 valence electrons. The van der Waals surface area contributed by atoms with Crippen molar-refractivity contribution in [2.45, 2.75) is 124 Å². The zero-order chi connectivity index (χ0) is 19.0. The normalized spacial score (nSPS) is 22.5. The molecule has 0 aromatic carbocycles. The third kappa shape index (κ3) is 10.7. The molecule has 1 saturated carbocycles. The molecule has 0 aromatic rings. The quantitative estimate of drug-likeness (QED) is 0.181. The van der Waals surface area contributed by atoms with E-state index in [1.807, 2.05) is 7.05 Å². The van der Waals surface area contributed by atoms with Crippen molar-refractivity contribution in [3.05, 3.63) is 0 Å². The number of unbranched alkanes of at least 4 members (excludes halogenated alkanes) is 5. The summed E-state index contributed by atoms with van der Waals surface area (Å²) in [6.07, 6.45) is 25.2. The van der Waals surface area contributed by atoms with Crippen LogP contribution in [-0.4, -0.2) is 13.3 Å². The Bertz CT molecular complexity index is 335. The number of hydrogen-bond donors (Lipinski definition) is 0. The van der Waals surface area contributed by atoms with Gasteiger partial charge >= 0.3 is 0 Å². The molecule has 0 aliphatic heterocycles. The minimum Gasteiger partial charge on any atom is -0.301 e. The van der Waals surface area contributed by atoms with Gasteiger partial charge in [0, 0.05) is 13.3 Å². The average Bonchev–Trinajstić information content (AvgIpc) is 2.62. The lowest BCUT2D eigenvalue weighted by molar-refractivity contribution is 0.167. The van der Waals surface area contributed by atoms with Crippen LogP contribution in [0.25, 0.3) is 0 Å². The predicted molar refractivity (Wildman–Crippen MR) is 119 cm³/mol. The van der Waals surface area contributed by atoms with Gasteiger partial charge in [0.25, 0.3) is 0 Å². The zero-order valence-electron chi connectivity index (χ0n) is 18.6. The van der Waals surface area contributed by atoms with Gasteiger partial charge in [0.15, 0.2) is 0 Å². The standard InChI is InChI=1S/C25H49N/c1-5-13-23(18-20-25-19-17-22(25)3)15-11-9-7-8-10-12-16-24(14-6-2)21-26-4/h21-25H,5-20H2,1-4H3/b26-21-. The molecule has 0 N–H and O–H groups in total. The maximum atomic E-state index is 4.24. The Hall–Kier alpha value is -0.330. The molecular formula is C25H49N. The van der Waals surface area contributed by atoms with Gasteiger partial charge in [-0.05, 0) is 49.4 Å². The van der Waals surface area contributed by atoms with Crippen LogP contribution in [0.1, 0.15) is 124 Å². The molecule has 0 bridgehead atoms. The number of hydrogen-bond acceptors (Lipinski definition) is 1. The van der Waals surface area contributed by atoms with Crippen LogP contribution < -0.4 is 0 Å². The van der Waals surface area contributed by atoms with Gasteiger partial charge < -0.3 is 4.99 Å². The highest BCUT2D eigenvalue weighted by Crippen LogP contribution is 2.38. The van der Waals surface area contributed by atoms with E-state index >= 15 is 0 Å². The zero-order valence-corrected chi connectivity index (χ0v) is 18.6. The van der Waals surface area contributed by atoms with E-state index in [2.05, 4.69) is 32.0 Å². The molecule has 0 radical (unpaired) electrons. The molecule has 1 fully saturated rings. The third-order valence-electron chi connectivity index (χ3n) is 6.90. The molecule has 26 heavy (non-hydrogen) atoms. The fraction of sp³-hybridized carbons (Fsp3) is 0.960. The number of aliphatic imine (C=N–C) groups is 1. The smallest absolute Gasteiger partial charge is 0.0273 e. The third-order valence-corrected chi connectivity index (χ3v) is 6.90. The predicted octanol–water partition coefficient (Wildman–Crippen LogP) is 8.47. The van der Waals surface area contributed by atoms with E-state index in [-0.39, 0.29) is 0 Å². The van der Waals surface area contributed by atoms with Crippen molar-refractivity contribution >= 4 is 6.21 Å². The average molecular weight is 364 g/mol. The summed E-state index contributed by atoms with van der Waals surface area (Å²) >= 11 is 0. The van der Waals surface area contributed by atoms with Crippen molar-refractivity contribution in [3.8, 4) is 0 Å². The molecule has 0 heterocycles. The fourth-order valence-corrected chi connectivity index (χ4v) is 4.88. The van der Waals surface area contributed by atoms with Gasteiger partial charge in [0.1, 0.15) is 0 Å². The maximum Gasteiger partial charge on any atom is 0.0273 e. The SMILES string of the molecule is CCCC(/C=N\C)CCCCCCCCC(CCC)CCC1CCC1C. The minimum atomic E-state index is 0.734. The van der Waals surface area contributed by atoms with Gasteiger partial charge in [0.2, 0.25) is 0 Å². The van der Waals surface area contributed by atoms with E-state index in [1.54, 1.807) is 0 Å². The number of rotatable bonds is 17. The summed E-state index contributed by atoms with van der Waals surface area (Å²) < 4.78 is 0. The summed E-state index contributed by atoms with van der Waals surface area (Å²) in [5.74, 6) is 3.86. The Morgan fingerprint density at radius 3 is 2.00 bits per heavy atom. The van der Waals surface area contributed by atoms with E-state index in [1.165, 1.54) is 103 Å². The molecule has 1 aliphatic carbocycles. The van der Waals surface area contributed by atoms with Gasteiger partial charge in [-0.3, -0.25) is 0 Å². The van der Waals surface area contributed by atoms with Crippen molar-refractivity contribution in [1.82, 2.24) is 0 Å². The summed E-state index contributed by atoms with van der Waals surface area (Å²) in [5, 5.41) is 0. The number of nitrogens with zero attached hydrogens (tertiary/aromatic N) is 1. The largest absolute Gasteiger partial charge is 0.301 e. The molecule has 1 rings (SSSR count). The lowest BCUT2D eigenvalue weighted by atomic mass is 9.71. The molecule has 1 heteroatoms. The van der Waals surface area contributed by atoms with Crippen LogP contribution in [0.15, 0.2) is 4.99 Å². The fourth-order valence-electron chi connectivity index (χ4n) is 4.88. The highest BCUT2D eigenvalue weighted by atomic mass is 14.6. The van der Waals surface area contributed by atoms with Crippen LogP contribution in [0.5, 0.6) is 0 Å². The minimum absolute atomic E-state index is 0.734. The lowest BCUT2D eigenvalue weighted by Gasteiger charge is -2.35. The highest BCUT2D eigenvalue weighted by Gasteiger charge is 2.26. The van der Waals surface area contributed by atoms with Gasteiger partial charge in [-0.1, -0.05) is 97.8 Å². The second-order valence-electron chi connectivity index (χ2n) is 9.20. The van der Waals surface area contributed by atoms with E-state index in [9.17, 15) is 0 Å². The lowest BCUT2D eigenvalue weighted by Crippen LogP contribution is -2.23. The van der Waals surface area contributed by atoms with Crippen LogP contribution in [0.4, 0.5) is 0 Å². The summed E-state index contributed by atoms with van der Waals surface area (Å²) in [6, 6.07) is 0. The first kappa shape index (κ1) is 23.7. The molecule has 0 saturated heterocycles. The van der Waals surface area contributed by atoms with Crippen molar-refractivity contribution in [2.75, 3.05) is 7.05 Å². The Labute approximate surface area is 165 Å². The van der Waals surface area contributed by atoms with E-state index in [0.29, 0.717) is 0 Å². The maximum absolute atomic E-state index is 4.24. The summed E-state index contributed by atoms with van der Waals surface area (Å²) in [5.41, 5.74) is 0.